The van der Waals surface area contributed by atoms with Gasteiger partial charge >= 0.3 is 5.97 Å². The van der Waals surface area contributed by atoms with E-state index in [1.165, 1.54) is 57.4 Å². The highest BCUT2D eigenvalue weighted by Gasteiger charge is 2.54. The normalized spacial score (nSPS) is 38.4. The molecule has 0 N–H and O–H groups in total. The van der Waals surface area contributed by atoms with E-state index in [1.54, 1.807) is 0 Å². The number of ether oxygens (including phenoxy) is 1. The molecular formula is C29H48O3. The van der Waals surface area contributed by atoms with Crippen molar-refractivity contribution >= 4 is 11.8 Å². The van der Waals surface area contributed by atoms with Crippen LogP contribution in [0.5, 0.6) is 0 Å². The maximum absolute atomic E-state index is 12.8. The van der Waals surface area contributed by atoms with Crippen molar-refractivity contribution in [1.29, 1.82) is 0 Å². The second-order valence-corrected chi connectivity index (χ2v) is 12.1. The second-order valence-electron chi connectivity index (χ2n) is 12.1. The molecule has 0 unspecified atom stereocenters. The van der Waals surface area contributed by atoms with Crippen LogP contribution in [-0.2, 0) is 14.3 Å². The number of rotatable bonds is 6. The minimum absolute atomic E-state index is 0.270. The summed E-state index contributed by atoms with van der Waals surface area (Å²) in [6, 6.07) is 0. The monoisotopic (exact) mass is 444 g/mol. The van der Waals surface area contributed by atoms with Crippen LogP contribution in [0, 0.1) is 40.9 Å². The Morgan fingerprint density at radius 2 is 1.91 bits per heavy atom. The first-order valence-electron chi connectivity index (χ1n) is 13.5. The fourth-order valence-corrected chi connectivity index (χ4v) is 7.84. The standard InChI is InChI=1S/C29H48O3/c1-19(2)8-7-9-21(4)27-14-15-28-26-13-11-23(31)18-24(32-22(5)30)12-10-20(3)25(26)16-17-29(27,28)6/h10,19,21,24-28H,7-9,11-18H2,1-6H3/b20-10-/t21-,24+,25-,26-,27-,28+,29-/m1/s1. The molecular weight excluding hydrogens is 396 g/mol. The van der Waals surface area contributed by atoms with Crippen molar-refractivity contribution in [1.82, 2.24) is 0 Å². The topological polar surface area (TPSA) is 43.4 Å². The van der Waals surface area contributed by atoms with Crippen molar-refractivity contribution in [3.63, 3.8) is 0 Å². The molecule has 32 heavy (non-hydrogen) atoms. The molecule has 0 aromatic carbocycles. The largest absolute Gasteiger partial charge is 0.462 e. The molecule has 0 amide bonds. The number of esters is 1. The molecule has 0 bridgehead atoms. The fraction of sp³-hybridized carbons (Fsp3) is 0.862. The van der Waals surface area contributed by atoms with E-state index in [0.717, 1.165) is 30.1 Å². The molecule has 2 fully saturated rings. The molecule has 182 valence electrons. The highest BCUT2D eigenvalue weighted by Crippen LogP contribution is 2.62. The number of Topliss-reactive ketones (excluding diaryl/α,β-unsaturated/α-hetero) is 1. The van der Waals surface area contributed by atoms with Gasteiger partial charge in [-0.05, 0) is 80.0 Å². The zero-order valence-electron chi connectivity index (χ0n) is 21.6. The Hall–Kier alpha value is -1.12. The van der Waals surface area contributed by atoms with Crippen LogP contribution in [0.3, 0.4) is 0 Å². The Morgan fingerprint density at radius 1 is 1.16 bits per heavy atom. The summed E-state index contributed by atoms with van der Waals surface area (Å²) in [5, 5.41) is 0. The van der Waals surface area contributed by atoms with Crippen LogP contribution in [0.2, 0.25) is 0 Å². The zero-order chi connectivity index (χ0) is 23.5. The summed E-state index contributed by atoms with van der Waals surface area (Å²) in [5.41, 5.74) is 1.91. The van der Waals surface area contributed by atoms with Crippen molar-refractivity contribution in [2.75, 3.05) is 0 Å². The van der Waals surface area contributed by atoms with E-state index >= 15 is 0 Å². The molecule has 0 spiro atoms. The molecule has 3 aliphatic carbocycles. The number of hydrogen-bond acceptors (Lipinski definition) is 3. The Balaban J connectivity index is 1.75. The summed E-state index contributed by atoms with van der Waals surface area (Å²) in [6.07, 6.45) is 14.1. The third-order valence-electron chi connectivity index (χ3n) is 9.47. The van der Waals surface area contributed by atoms with Crippen LogP contribution in [0.4, 0.5) is 0 Å². The van der Waals surface area contributed by atoms with Gasteiger partial charge in [0.15, 0.2) is 0 Å². The molecule has 3 heteroatoms. The lowest BCUT2D eigenvalue weighted by atomic mass is 9.54. The summed E-state index contributed by atoms with van der Waals surface area (Å²) in [7, 11) is 0. The van der Waals surface area contributed by atoms with Crippen molar-refractivity contribution < 1.29 is 14.3 Å². The lowest BCUT2D eigenvalue weighted by molar-refractivity contribution is -0.147. The lowest BCUT2D eigenvalue weighted by Gasteiger charge is -2.50. The maximum atomic E-state index is 12.8. The van der Waals surface area contributed by atoms with Gasteiger partial charge in [0.05, 0.1) is 0 Å². The van der Waals surface area contributed by atoms with Gasteiger partial charge in [-0.2, -0.15) is 0 Å². The summed E-state index contributed by atoms with van der Waals surface area (Å²) in [4.78, 5) is 24.2. The summed E-state index contributed by atoms with van der Waals surface area (Å²) in [5.74, 6) is 4.41. The van der Waals surface area contributed by atoms with E-state index in [9.17, 15) is 9.59 Å². The molecule has 7 atom stereocenters. The first-order valence-corrected chi connectivity index (χ1v) is 13.5. The predicted molar refractivity (Wildman–Crippen MR) is 131 cm³/mol. The van der Waals surface area contributed by atoms with Crippen LogP contribution in [-0.4, -0.2) is 17.9 Å². The van der Waals surface area contributed by atoms with Crippen LogP contribution in [0.1, 0.15) is 112 Å². The molecule has 0 saturated heterocycles. The van der Waals surface area contributed by atoms with Gasteiger partial charge in [0, 0.05) is 26.2 Å². The number of ketones is 1. The van der Waals surface area contributed by atoms with Gasteiger partial charge in [0.2, 0.25) is 0 Å². The summed E-state index contributed by atoms with van der Waals surface area (Å²) < 4.78 is 5.45. The second kappa shape index (κ2) is 10.9. The van der Waals surface area contributed by atoms with Crippen LogP contribution in [0.15, 0.2) is 11.6 Å². The number of fused-ring (bicyclic) bond motifs is 3. The Bertz CT molecular complexity index is 693. The maximum Gasteiger partial charge on any atom is 0.302 e. The zero-order valence-corrected chi connectivity index (χ0v) is 21.6. The van der Waals surface area contributed by atoms with E-state index in [2.05, 4.69) is 40.7 Å². The van der Waals surface area contributed by atoms with Crippen molar-refractivity contribution in [2.24, 2.45) is 40.9 Å². The van der Waals surface area contributed by atoms with Gasteiger partial charge in [-0.1, -0.05) is 58.6 Å². The van der Waals surface area contributed by atoms with E-state index in [0.29, 0.717) is 36.5 Å². The van der Waals surface area contributed by atoms with E-state index in [1.807, 2.05) is 0 Å². The number of hydrogen-bond donors (Lipinski definition) is 0. The third kappa shape index (κ3) is 5.86. The van der Waals surface area contributed by atoms with Gasteiger partial charge in [-0.15, -0.1) is 0 Å². The fourth-order valence-electron chi connectivity index (χ4n) is 7.84. The highest BCUT2D eigenvalue weighted by atomic mass is 16.5. The Morgan fingerprint density at radius 3 is 2.59 bits per heavy atom. The molecule has 3 rings (SSSR count). The molecule has 0 radical (unpaired) electrons. The van der Waals surface area contributed by atoms with Crippen molar-refractivity contribution in [3.8, 4) is 0 Å². The minimum atomic E-state index is -0.289. The molecule has 3 nitrogen and oxygen atoms in total. The Kier molecular flexibility index (Phi) is 8.66. The molecule has 0 aliphatic heterocycles. The smallest absolute Gasteiger partial charge is 0.302 e. The van der Waals surface area contributed by atoms with E-state index in [4.69, 9.17) is 4.74 Å². The number of allylic oxidation sites excluding steroid dienone is 1. The first-order chi connectivity index (χ1) is 15.1. The molecule has 0 aromatic heterocycles. The Labute approximate surface area is 197 Å². The van der Waals surface area contributed by atoms with Crippen LogP contribution < -0.4 is 0 Å². The quantitative estimate of drug-likeness (QED) is 0.314. The third-order valence-corrected chi connectivity index (χ3v) is 9.47. The predicted octanol–water partition coefficient (Wildman–Crippen LogP) is 7.53. The van der Waals surface area contributed by atoms with Crippen molar-refractivity contribution in [3.05, 3.63) is 11.6 Å². The highest BCUT2D eigenvalue weighted by molar-refractivity contribution is 5.79. The molecule has 2 saturated carbocycles. The molecule has 0 aromatic rings. The number of carbonyl (C=O) groups is 2. The van der Waals surface area contributed by atoms with Crippen LogP contribution in [0.25, 0.3) is 0 Å². The van der Waals surface area contributed by atoms with Gasteiger partial charge in [-0.25, -0.2) is 0 Å². The molecule has 0 heterocycles. The van der Waals surface area contributed by atoms with Gasteiger partial charge < -0.3 is 4.74 Å². The average molecular weight is 445 g/mol. The van der Waals surface area contributed by atoms with E-state index in [-0.39, 0.29) is 17.9 Å². The van der Waals surface area contributed by atoms with Gasteiger partial charge in [-0.3, -0.25) is 9.59 Å². The minimum Gasteiger partial charge on any atom is -0.462 e. The molecule has 3 aliphatic rings. The average Bonchev–Trinajstić information content (AvgIpc) is 3.06. The van der Waals surface area contributed by atoms with Crippen molar-refractivity contribution in [2.45, 2.75) is 118 Å². The first kappa shape index (κ1) is 25.5. The SMILES string of the molecule is CC(=O)O[C@H]1C/C=C(/C)[C@H]2CC[C@]3(C)[C@@H]([C@H](C)CCCC(C)C)CC[C@H]3[C@@H]2CCC(=O)C1. The van der Waals surface area contributed by atoms with Crippen LogP contribution >= 0.6 is 0 Å². The summed E-state index contributed by atoms with van der Waals surface area (Å²) in [6.45, 7) is 13.5. The number of carbonyl (C=O) groups excluding carboxylic acids is 2. The lowest BCUT2D eigenvalue weighted by Crippen LogP contribution is -2.43. The van der Waals surface area contributed by atoms with E-state index < -0.39 is 0 Å². The van der Waals surface area contributed by atoms with Gasteiger partial charge in [0.1, 0.15) is 11.9 Å². The van der Waals surface area contributed by atoms with Gasteiger partial charge in [0.25, 0.3) is 0 Å². The summed E-state index contributed by atoms with van der Waals surface area (Å²) >= 11 is 0.